The maximum Gasteiger partial charge on any atom is 0.295 e. The smallest absolute Gasteiger partial charge is 0.295 e. The van der Waals surface area contributed by atoms with Gasteiger partial charge in [-0.2, -0.15) is 0 Å². The van der Waals surface area contributed by atoms with Crippen LogP contribution < -0.4 is 4.74 Å². The summed E-state index contributed by atoms with van der Waals surface area (Å²) in [6.07, 6.45) is 0.0690. The van der Waals surface area contributed by atoms with Crippen molar-refractivity contribution in [2.24, 2.45) is 0 Å². The molecule has 0 spiro atoms. The zero-order valence-electron chi connectivity index (χ0n) is 19.2. The molecule has 3 aromatic heterocycles. The molecule has 182 valence electrons. The molecule has 0 N–H and O–H groups in total. The monoisotopic (exact) mass is 506 g/mol. The molecule has 3 heterocycles. The van der Waals surface area contributed by atoms with E-state index in [2.05, 4.69) is 15.0 Å². The van der Waals surface area contributed by atoms with Crippen molar-refractivity contribution in [3.05, 3.63) is 102 Å². The molecule has 0 aliphatic rings. The Labute approximate surface area is 210 Å². The molecule has 0 unspecified atom stereocenters. The van der Waals surface area contributed by atoms with Crippen LogP contribution in [0.2, 0.25) is 0 Å². The summed E-state index contributed by atoms with van der Waals surface area (Å²) in [5.41, 5.74) is 3.01. The third-order valence-corrected chi connectivity index (χ3v) is 6.71. The number of hydrogen-bond acceptors (Lipinski definition) is 5. The van der Waals surface area contributed by atoms with Gasteiger partial charge in [-0.15, -0.1) is 11.8 Å². The Bertz CT molecular complexity index is 1490. The van der Waals surface area contributed by atoms with E-state index in [1.54, 1.807) is 6.20 Å². The number of pyridine rings is 2. The Balaban J connectivity index is 1.55. The fourth-order valence-electron chi connectivity index (χ4n) is 4.01. The topological polar surface area (TPSA) is 52.8 Å². The van der Waals surface area contributed by atoms with E-state index in [1.807, 2.05) is 60.7 Å². The molecule has 0 aliphatic carbocycles. The Morgan fingerprint density at radius 1 is 0.972 bits per heavy atom. The molecule has 9 heteroatoms. The molecule has 0 amide bonds. The maximum absolute atomic E-state index is 15.1. The normalized spacial score (nSPS) is 11.4. The molecule has 0 saturated carbocycles. The summed E-state index contributed by atoms with van der Waals surface area (Å²) >= 11 is 1.45. The molecular weight excluding hydrogens is 485 g/mol. The fourth-order valence-corrected chi connectivity index (χ4v) is 4.85. The largest absolute Gasteiger partial charge is 0.480 e. The summed E-state index contributed by atoms with van der Waals surface area (Å²) in [6, 6.07) is 20.4. The zero-order chi connectivity index (χ0) is 25.1. The number of nitrogens with zero attached hydrogens (tertiary/aromatic N) is 4. The van der Waals surface area contributed by atoms with Crippen LogP contribution in [0.4, 0.5) is 13.2 Å². The van der Waals surface area contributed by atoms with Crippen molar-refractivity contribution in [1.82, 2.24) is 19.5 Å². The average Bonchev–Trinajstić information content (AvgIpc) is 3.28. The molecule has 2 aromatic carbocycles. The maximum atomic E-state index is 15.1. The van der Waals surface area contributed by atoms with Crippen molar-refractivity contribution in [3.63, 3.8) is 0 Å². The molecule has 0 fully saturated rings. The highest BCUT2D eigenvalue weighted by Gasteiger charge is 2.25. The highest BCUT2D eigenvalue weighted by molar-refractivity contribution is 7.98. The Morgan fingerprint density at radius 3 is 2.36 bits per heavy atom. The summed E-state index contributed by atoms with van der Waals surface area (Å²) in [7, 11) is 1.46. The molecule has 0 atom stereocenters. The van der Waals surface area contributed by atoms with E-state index >= 15 is 4.39 Å². The first kappa shape index (κ1) is 23.9. The highest BCUT2D eigenvalue weighted by Crippen LogP contribution is 2.37. The van der Waals surface area contributed by atoms with Crippen LogP contribution in [0.15, 0.2) is 84.0 Å². The lowest BCUT2D eigenvalue weighted by Gasteiger charge is -2.14. The summed E-state index contributed by atoms with van der Waals surface area (Å²) in [4.78, 5) is 13.3. The van der Waals surface area contributed by atoms with Crippen molar-refractivity contribution in [2.45, 2.75) is 23.6 Å². The minimum atomic E-state index is -2.88. The number of halogens is 3. The number of aromatic nitrogens is 4. The molecular formula is C27H21F3N4OS. The number of imidazole rings is 1. The molecule has 0 bridgehead atoms. The van der Waals surface area contributed by atoms with Gasteiger partial charge in [0.1, 0.15) is 11.3 Å². The van der Waals surface area contributed by atoms with Gasteiger partial charge in [-0.25, -0.2) is 23.1 Å². The van der Waals surface area contributed by atoms with Crippen LogP contribution in [0.5, 0.6) is 5.88 Å². The quantitative estimate of drug-likeness (QED) is 0.214. The lowest BCUT2D eigenvalue weighted by Crippen LogP contribution is -2.10. The third-order valence-electron chi connectivity index (χ3n) is 5.68. The minimum Gasteiger partial charge on any atom is -0.480 e. The average molecular weight is 507 g/mol. The number of rotatable bonds is 8. The van der Waals surface area contributed by atoms with Crippen LogP contribution in [0.25, 0.3) is 22.2 Å². The first-order valence-corrected chi connectivity index (χ1v) is 12.1. The van der Waals surface area contributed by atoms with Crippen molar-refractivity contribution < 1.29 is 17.9 Å². The number of alkyl halides is 2. The summed E-state index contributed by atoms with van der Waals surface area (Å²) < 4.78 is 50.0. The second-order valence-electron chi connectivity index (χ2n) is 7.97. The molecule has 5 aromatic rings. The van der Waals surface area contributed by atoms with Gasteiger partial charge in [-0.1, -0.05) is 60.7 Å². The lowest BCUT2D eigenvalue weighted by atomic mass is 10.1. The van der Waals surface area contributed by atoms with E-state index in [-0.39, 0.29) is 23.6 Å². The van der Waals surface area contributed by atoms with Crippen molar-refractivity contribution in [2.75, 3.05) is 7.11 Å². The Hall–Kier alpha value is -3.85. The van der Waals surface area contributed by atoms with Gasteiger partial charge < -0.3 is 9.30 Å². The SMILES string of the molecule is COc1ncc2nc(C(F)F)n(Cc3ncc(SCc4ccccc4)cc3F)c2c1-c1ccccc1. The molecule has 0 saturated heterocycles. The van der Waals surface area contributed by atoms with Crippen LogP contribution in [0, 0.1) is 5.82 Å². The van der Waals surface area contributed by atoms with Crippen LogP contribution in [0.1, 0.15) is 23.5 Å². The summed E-state index contributed by atoms with van der Waals surface area (Å²) in [6.45, 7) is -0.224. The molecule has 36 heavy (non-hydrogen) atoms. The van der Waals surface area contributed by atoms with Crippen LogP contribution in [-0.2, 0) is 12.3 Å². The van der Waals surface area contributed by atoms with Gasteiger partial charge in [0, 0.05) is 16.8 Å². The first-order chi connectivity index (χ1) is 17.5. The van der Waals surface area contributed by atoms with Crippen LogP contribution in [-0.4, -0.2) is 26.6 Å². The number of methoxy groups -OCH3 is 1. The highest BCUT2D eigenvalue weighted by atomic mass is 32.2. The van der Waals surface area contributed by atoms with Gasteiger partial charge in [-0.05, 0) is 17.2 Å². The van der Waals surface area contributed by atoms with E-state index in [9.17, 15) is 8.78 Å². The number of thioether (sulfide) groups is 1. The number of fused-ring (bicyclic) bond motifs is 1. The Morgan fingerprint density at radius 2 is 1.69 bits per heavy atom. The Kier molecular flexibility index (Phi) is 6.90. The van der Waals surface area contributed by atoms with Gasteiger partial charge in [0.05, 0.1) is 36.6 Å². The van der Waals surface area contributed by atoms with E-state index < -0.39 is 18.1 Å². The molecule has 0 aliphatic heterocycles. The van der Waals surface area contributed by atoms with Crippen LogP contribution in [0.3, 0.4) is 0 Å². The third kappa shape index (κ3) is 4.79. The molecule has 0 radical (unpaired) electrons. The summed E-state index contributed by atoms with van der Waals surface area (Å²) in [5.74, 6) is -0.133. The minimum absolute atomic E-state index is 0.0371. The first-order valence-electron chi connectivity index (χ1n) is 11.1. The number of hydrogen-bond donors (Lipinski definition) is 0. The van der Waals surface area contributed by atoms with Gasteiger partial charge in [-0.3, -0.25) is 4.98 Å². The van der Waals surface area contributed by atoms with E-state index in [0.717, 1.165) is 11.1 Å². The summed E-state index contributed by atoms with van der Waals surface area (Å²) in [5, 5.41) is 0. The van der Waals surface area contributed by atoms with Gasteiger partial charge >= 0.3 is 0 Å². The zero-order valence-corrected chi connectivity index (χ0v) is 20.1. The van der Waals surface area contributed by atoms with Gasteiger partial charge in [0.15, 0.2) is 5.82 Å². The van der Waals surface area contributed by atoms with Gasteiger partial charge in [0.25, 0.3) is 6.43 Å². The fraction of sp³-hybridized carbons (Fsp3) is 0.148. The van der Waals surface area contributed by atoms with Gasteiger partial charge in [0.2, 0.25) is 5.88 Å². The second kappa shape index (κ2) is 10.4. The predicted molar refractivity (Wildman–Crippen MR) is 134 cm³/mol. The van der Waals surface area contributed by atoms with Crippen molar-refractivity contribution >= 4 is 22.8 Å². The predicted octanol–water partition coefficient (Wildman–Crippen LogP) is 6.92. The molecule has 5 rings (SSSR count). The standard InChI is InChI=1S/C27H21F3N4OS/c1-35-27-23(18-10-6-3-7-11-18)24-21(14-32-27)33-26(25(29)30)34(24)15-22-20(28)12-19(13-31-22)36-16-17-8-4-2-5-9-17/h2-14,25H,15-16H2,1H3. The molecule has 5 nitrogen and oxygen atoms in total. The number of benzene rings is 2. The number of ether oxygens (including phenoxy) is 1. The van der Waals surface area contributed by atoms with E-state index in [1.165, 1.54) is 35.7 Å². The van der Waals surface area contributed by atoms with E-state index in [0.29, 0.717) is 21.7 Å². The lowest BCUT2D eigenvalue weighted by molar-refractivity contribution is 0.136. The van der Waals surface area contributed by atoms with E-state index in [4.69, 9.17) is 4.74 Å². The second-order valence-corrected chi connectivity index (χ2v) is 9.02. The van der Waals surface area contributed by atoms with Crippen molar-refractivity contribution in [3.8, 4) is 17.0 Å². The van der Waals surface area contributed by atoms with Crippen molar-refractivity contribution in [1.29, 1.82) is 0 Å². The van der Waals surface area contributed by atoms with Crippen LogP contribution >= 0.6 is 11.8 Å².